The van der Waals surface area contributed by atoms with E-state index in [1.165, 1.54) is 4.90 Å². The number of amides is 1. The SMILES string of the molecule is CC(C)C(=O)CCC(NC(C)(C)C)C(=O)N(CC(=O)C(C)(C)C)CC(=O)C(C)(C)C. The fraction of sp³-hybridized carbons (Fsp3) is 0.833. The average Bonchev–Trinajstić information content (AvgIpc) is 2.53. The summed E-state index contributed by atoms with van der Waals surface area (Å²) in [7, 11) is 0. The summed E-state index contributed by atoms with van der Waals surface area (Å²) < 4.78 is 0. The molecule has 0 fully saturated rings. The van der Waals surface area contributed by atoms with Crippen LogP contribution in [0.3, 0.4) is 0 Å². The Morgan fingerprint density at radius 2 is 1.17 bits per heavy atom. The van der Waals surface area contributed by atoms with Gasteiger partial charge >= 0.3 is 0 Å². The zero-order chi connectivity index (χ0) is 24.1. The van der Waals surface area contributed by atoms with Crippen LogP contribution in [0.25, 0.3) is 0 Å². The van der Waals surface area contributed by atoms with Gasteiger partial charge in [0.15, 0.2) is 11.6 Å². The van der Waals surface area contributed by atoms with Crippen molar-refractivity contribution < 1.29 is 19.2 Å². The molecule has 1 N–H and O–H groups in total. The molecule has 0 bridgehead atoms. The van der Waals surface area contributed by atoms with Crippen molar-refractivity contribution in [2.24, 2.45) is 16.7 Å². The summed E-state index contributed by atoms with van der Waals surface area (Å²) in [6, 6.07) is -0.645. The normalized spacial score (nSPS) is 13.9. The van der Waals surface area contributed by atoms with Crippen LogP contribution in [-0.4, -0.2) is 52.8 Å². The Balaban J connectivity index is 5.81. The van der Waals surface area contributed by atoms with Gasteiger partial charge in [-0.1, -0.05) is 55.4 Å². The van der Waals surface area contributed by atoms with E-state index in [-0.39, 0.29) is 54.2 Å². The van der Waals surface area contributed by atoms with E-state index in [9.17, 15) is 19.2 Å². The van der Waals surface area contributed by atoms with Crippen LogP contribution in [-0.2, 0) is 19.2 Å². The van der Waals surface area contributed by atoms with Gasteiger partial charge in [0, 0.05) is 28.7 Å². The van der Waals surface area contributed by atoms with Gasteiger partial charge < -0.3 is 10.2 Å². The van der Waals surface area contributed by atoms with Gasteiger partial charge in [-0.05, 0) is 27.2 Å². The lowest BCUT2D eigenvalue weighted by atomic mass is 9.88. The Kier molecular flexibility index (Phi) is 10.1. The summed E-state index contributed by atoms with van der Waals surface area (Å²) in [5.41, 5.74) is -1.61. The van der Waals surface area contributed by atoms with Crippen molar-refractivity contribution in [1.29, 1.82) is 0 Å². The number of Topliss-reactive ketones (excluding diaryl/α,β-unsaturated/α-hetero) is 3. The largest absolute Gasteiger partial charge is 0.327 e. The minimum absolute atomic E-state index is 0.0894. The Hall–Kier alpha value is -1.56. The van der Waals surface area contributed by atoms with Crippen LogP contribution in [0, 0.1) is 16.7 Å². The highest BCUT2D eigenvalue weighted by Gasteiger charge is 2.34. The summed E-state index contributed by atoms with van der Waals surface area (Å²) in [6.07, 6.45) is 0.600. The fourth-order valence-electron chi connectivity index (χ4n) is 2.61. The molecule has 0 aromatic carbocycles. The zero-order valence-corrected chi connectivity index (χ0v) is 21.1. The Labute approximate surface area is 183 Å². The molecule has 30 heavy (non-hydrogen) atoms. The van der Waals surface area contributed by atoms with Crippen molar-refractivity contribution in [3.63, 3.8) is 0 Å². The monoisotopic (exact) mass is 424 g/mol. The van der Waals surface area contributed by atoms with Gasteiger partial charge in [-0.2, -0.15) is 0 Å². The maximum absolute atomic E-state index is 13.5. The second kappa shape index (κ2) is 10.7. The molecule has 6 heteroatoms. The van der Waals surface area contributed by atoms with E-state index in [0.717, 1.165) is 0 Å². The maximum atomic E-state index is 13.5. The van der Waals surface area contributed by atoms with Crippen LogP contribution < -0.4 is 5.32 Å². The minimum Gasteiger partial charge on any atom is -0.327 e. The molecular formula is C24H44N2O4. The van der Waals surface area contributed by atoms with E-state index in [1.807, 2.05) is 34.6 Å². The number of nitrogens with one attached hydrogen (secondary N) is 1. The molecular weight excluding hydrogens is 380 g/mol. The van der Waals surface area contributed by atoms with Crippen LogP contribution in [0.1, 0.15) is 89.0 Å². The standard InChI is InChI=1S/C24H44N2O4/c1-16(2)18(27)13-12-17(25-24(9,10)11)21(30)26(14-19(28)22(3,4)5)15-20(29)23(6,7)8/h16-17,25H,12-15H2,1-11H3. The van der Waals surface area contributed by atoms with Crippen LogP contribution >= 0.6 is 0 Å². The fourth-order valence-corrected chi connectivity index (χ4v) is 2.61. The number of rotatable bonds is 10. The summed E-state index contributed by atoms with van der Waals surface area (Å²) in [6.45, 7) is 20.1. The van der Waals surface area contributed by atoms with Gasteiger partial charge in [-0.3, -0.25) is 19.2 Å². The summed E-state index contributed by atoms with van der Waals surface area (Å²) in [4.78, 5) is 52.4. The summed E-state index contributed by atoms with van der Waals surface area (Å²) in [5.74, 6) is -0.532. The van der Waals surface area contributed by atoms with E-state index >= 15 is 0 Å². The topological polar surface area (TPSA) is 83.6 Å². The van der Waals surface area contributed by atoms with Crippen LogP contribution in [0.2, 0.25) is 0 Å². The van der Waals surface area contributed by atoms with Crippen molar-refractivity contribution in [2.75, 3.05) is 13.1 Å². The van der Waals surface area contributed by atoms with Gasteiger partial charge in [-0.15, -0.1) is 0 Å². The summed E-state index contributed by atoms with van der Waals surface area (Å²) >= 11 is 0. The summed E-state index contributed by atoms with van der Waals surface area (Å²) in [5, 5.41) is 3.29. The molecule has 0 rings (SSSR count). The van der Waals surface area contributed by atoms with Crippen LogP contribution in [0.5, 0.6) is 0 Å². The average molecular weight is 425 g/mol. The van der Waals surface area contributed by atoms with Crippen molar-refractivity contribution in [3.05, 3.63) is 0 Å². The van der Waals surface area contributed by atoms with Gasteiger partial charge in [-0.25, -0.2) is 0 Å². The lowest BCUT2D eigenvalue weighted by Crippen LogP contribution is -2.55. The Morgan fingerprint density at radius 1 is 0.767 bits per heavy atom. The highest BCUT2D eigenvalue weighted by molar-refractivity contribution is 5.95. The molecule has 1 unspecified atom stereocenters. The molecule has 174 valence electrons. The van der Waals surface area contributed by atoms with E-state index in [4.69, 9.17) is 0 Å². The van der Waals surface area contributed by atoms with Gasteiger partial charge in [0.25, 0.3) is 0 Å². The minimum atomic E-state index is -0.645. The first kappa shape index (κ1) is 28.4. The van der Waals surface area contributed by atoms with Gasteiger partial charge in [0.05, 0.1) is 19.1 Å². The molecule has 0 aromatic rings. The molecule has 1 amide bonds. The van der Waals surface area contributed by atoms with Crippen molar-refractivity contribution in [3.8, 4) is 0 Å². The molecule has 0 saturated heterocycles. The van der Waals surface area contributed by atoms with Crippen molar-refractivity contribution in [2.45, 2.75) is 101 Å². The molecule has 0 aromatic heterocycles. The molecule has 0 spiro atoms. The highest BCUT2D eigenvalue weighted by atomic mass is 16.2. The van der Waals surface area contributed by atoms with Crippen LogP contribution in [0.4, 0.5) is 0 Å². The number of carbonyl (C=O) groups is 4. The predicted octanol–water partition coefficient (Wildman–Crippen LogP) is 3.81. The maximum Gasteiger partial charge on any atom is 0.240 e. The first-order valence-electron chi connectivity index (χ1n) is 10.9. The van der Waals surface area contributed by atoms with Gasteiger partial charge in [0.2, 0.25) is 5.91 Å². The van der Waals surface area contributed by atoms with Gasteiger partial charge in [0.1, 0.15) is 5.78 Å². The third kappa shape index (κ3) is 10.5. The third-order valence-electron chi connectivity index (χ3n) is 4.88. The smallest absolute Gasteiger partial charge is 0.240 e. The van der Waals surface area contributed by atoms with E-state index < -0.39 is 16.9 Å². The molecule has 0 aliphatic heterocycles. The zero-order valence-electron chi connectivity index (χ0n) is 21.1. The molecule has 0 saturated carbocycles. The van der Waals surface area contributed by atoms with Crippen molar-refractivity contribution >= 4 is 23.3 Å². The molecule has 0 heterocycles. The lowest BCUT2D eigenvalue weighted by Gasteiger charge is -2.34. The van der Waals surface area contributed by atoms with E-state index in [0.29, 0.717) is 6.42 Å². The molecule has 0 aliphatic rings. The first-order chi connectivity index (χ1) is 13.3. The van der Waals surface area contributed by atoms with Crippen molar-refractivity contribution in [1.82, 2.24) is 10.2 Å². The molecule has 6 nitrogen and oxygen atoms in total. The molecule has 0 radical (unpaired) electrons. The predicted molar refractivity (Wildman–Crippen MR) is 121 cm³/mol. The molecule has 0 aliphatic carbocycles. The van der Waals surface area contributed by atoms with E-state index in [2.05, 4.69) is 5.32 Å². The number of hydrogen-bond acceptors (Lipinski definition) is 5. The second-order valence-corrected chi connectivity index (χ2v) is 11.6. The Morgan fingerprint density at radius 3 is 1.47 bits per heavy atom. The number of nitrogens with zero attached hydrogens (tertiary/aromatic N) is 1. The van der Waals surface area contributed by atoms with Crippen LogP contribution in [0.15, 0.2) is 0 Å². The Bertz CT molecular complexity index is 603. The number of hydrogen-bond donors (Lipinski definition) is 1. The number of ketones is 3. The van der Waals surface area contributed by atoms with E-state index in [1.54, 1.807) is 41.5 Å². The molecule has 1 atom stereocenters. The second-order valence-electron chi connectivity index (χ2n) is 11.6. The quantitative estimate of drug-likeness (QED) is 0.576. The highest BCUT2D eigenvalue weighted by Crippen LogP contribution is 2.20. The number of carbonyl (C=O) groups excluding carboxylic acids is 4. The third-order valence-corrected chi connectivity index (χ3v) is 4.88. The lowest BCUT2D eigenvalue weighted by molar-refractivity contribution is -0.143. The first-order valence-corrected chi connectivity index (χ1v) is 10.9.